The lowest BCUT2D eigenvalue weighted by Crippen LogP contribution is -2.29. The number of hydrogen-bond acceptors (Lipinski definition) is 4. The molecule has 1 unspecified atom stereocenters. The van der Waals surface area contributed by atoms with E-state index in [1.54, 1.807) is 13.1 Å². The van der Waals surface area contributed by atoms with Crippen molar-refractivity contribution in [2.24, 2.45) is 0 Å². The molecule has 3 N–H and O–H groups in total. The van der Waals surface area contributed by atoms with Crippen LogP contribution in [0.25, 0.3) is 0 Å². The molecule has 0 amide bonds. The number of pyridine rings is 1. The monoisotopic (exact) mass is 248 g/mol. The Bertz CT molecular complexity index is 444. The van der Waals surface area contributed by atoms with Crippen molar-refractivity contribution >= 4 is 0 Å². The van der Waals surface area contributed by atoms with Gasteiger partial charge in [-0.3, -0.25) is 4.98 Å². The number of aryl methyl sites for hydroxylation is 1. The topological polar surface area (TPSA) is 65.4 Å². The van der Waals surface area contributed by atoms with Crippen molar-refractivity contribution in [2.45, 2.75) is 45.4 Å². The first-order valence-corrected chi connectivity index (χ1v) is 6.38. The van der Waals surface area contributed by atoms with Crippen molar-refractivity contribution < 1.29 is 10.2 Å². The Kier molecular flexibility index (Phi) is 4.33. The highest BCUT2D eigenvalue weighted by molar-refractivity contribution is 5.40. The Morgan fingerprint density at radius 2 is 2.28 bits per heavy atom. The standard InChI is InChI=1S/C14H20N2O2/c1-10-14(18)13(11(9-17)7-15-10)8-16-12-5-3-2-4-6-12/h2-3,7,12,16-18H,4-6,8-9H2,1H3. The van der Waals surface area contributed by atoms with Gasteiger partial charge in [-0.15, -0.1) is 0 Å². The lowest BCUT2D eigenvalue weighted by molar-refractivity contribution is 0.278. The fourth-order valence-corrected chi connectivity index (χ4v) is 2.24. The number of aromatic hydroxyl groups is 1. The molecule has 0 saturated heterocycles. The van der Waals surface area contributed by atoms with E-state index in [1.807, 2.05) is 0 Å². The summed E-state index contributed by atoms with van der Waals surface area (Å²) in [5.74, 6) is 0.195. The summed E-state index contributed by atoms with van der Waals surface area (Å²) < 4.78 is 0. The quantitative estimate of drug-likeness (QED) is 0.711. The fraction of sp³-hybridized carbons (Fsp3) is 0.500. The highest BCUT2D eigenvalue weighted by atomic mass is 16.3. The Morgan fingerprint density at radius 3 is 2.94 bits per heavy atom. The normalized spacial score (nSPS) is 19.1. The van der Waals surface area contributed by atoms with Gasteiger partial charge < -0.3 is 15.5 Å². The third-order valence-corrected chi connectivity index (χ3v) is 3.44. The molecule has 1 aliphatic rings. The summed E-state index contributed by atoms with van der Waals surface area (Å²) in [4.78, 5) is 4.06. The number of hydrogen-bond donors (Lipinski definition) is 3. The van der Waals surface area contributed by atoms with Crippen LogP contribution in [0.4, 0.5) is 0 Å². The molecule has 4 nitrogen and oxygen atoms in total. The molecule has 0 bridgehead atoms. The molecule has 0 aromatic carbocycles. The molecule has 0 radical (unpaired) electrons. The van der Waals surface area contributed by atoms with Gasteiger partial charge in [0.2, 0.25) is 0 Å². The number of nitrogens with zero attached hydrogens (tertiary/aromatic N) is 1. The van der Waals surface area contributed by atoms with Crippen LogP contribution in [-0.4, -0.2) is 21.2 Å². The number of aromatic nitrogens is 1. The number of aliphatic hydroxyl groups excluding tert-OH is 1. The van der Waals surface area contributed by atoms with Crippen molar-refractivity contribution in [2.75, 3.05) is 0 Å². The third-order valence-electron chi connectivity index (χ3n) is 3.44. The van der Waals surface area contributed by atoms with E-state index in [2.05, 4.69) is 22.5 Å². The lowest BCUT2D eigenvalue weighted by atomic mass is 10.0. The van der Waals surface area contributed by atoms with Crippen LogP contribution in [0.3, 0.4) is 0 Å². The summed E-state index contributed by atoms with van der Waals surface area (Å²) in [5.41, 5.74) is 2.06. The molecule has 2 rings (SSSR count). The first-order chi connectivity index (χ1) is 8.72. The molecule has 0 saturated carbocycles. The first-order valence-electron chi connectivity index (χ1n) is 6.38. The van der Waals surface area contributed by atoms with E-state index < -0.39 is 0 Å². The molecule has 4 heteroatoms. The van der Waals surface area contributed by atoms with Crippen LogP contribution in [0.1, 0.15) is 36.1 Å². The molecule has 98 valence electrons. The average molecular weight is 248 g/mol. The van der Waals surface area contributed by atoms with Crippen molar-refractivity contribution in [3.05, 3.63) is 35.2 Å². The molecule has 18 heavy (non-hydrogen) atoms. The van der Waals surface area contributed by atoms with Crippen molar-refractivity contribution in [1.82, 2.24) is 10.3 Å². The molecule has 1 aliphatic carbocycles. The van der Waals surface area contributed by atoms with Crippen molar-refractivity contribution in [3.8, 4) is 5.75 Å². The van der Waals surface area contributed by atoms with Gasteiger partial charge in [0.15, 0.2) is 0 Å². The molecular formula is C14H20N2O2. The van der Waals surface area contributed by atoms with Crippen LogP contribution in [0, 0.1) is 6.92 Å². The molecule has 0 aliphatic heterocycles. The van der Waals surface area contributed by atoms with Gasteiger partial charge in [0.05, 0.1) is 12.3 Å². The second kappa shape index (κ2) is 5.98. The minimum Gasteiger partial charge on any atom is -0.506 e. The minimum atomic E-state index is -0.0948. The molecule has 1 aromatic heterocycles. The van der Waals surface area contributed by atoms with Crippen LogP contribution in [0.15, 0.2) is 18.3 Å². The molecular weight excluding hydrogens is 228 g/mol. The molecule has 0 spiro atoms. The number of nitrogens with one attached hydrogen (secondary N) is 1. The third kappa shape index (κ3) is 2.89. The Hall–Kier alpha value is -1.39. The summed E-state index contributed by atoms with van der Waals surface area (Å²) in [6.45, 7) is 2.25. The van der Waals surface area contributed by atoms with Crippen LogP contribution in [-0.2, 0) is 13.2 Å². The summed E-state index contributed by atoms with van der Waals surface area (Å²) in [6.07, 6.45) is 9.27. The average Bonchev–Trinajstić information content (AvgIpc) is 2.41. The van der Waals surface area contributed by atoms with Crippen molar-refractivity contribution in [3.63, 3.8) is 0 Å². The van der Waals surface area contributed by atoms with Gasteiger partial charge in [0.1, 0.15) is 5.75 Å². The first kappa shape index (κ1) is 13.1. The van der Waals surface area contributed by atoms with Crippen molar-refractivity contribution in [1.29, 1.82) is 0 Å². The summed E-state index contributed by atoms with van der Waals surface area (Å²) in [7, 11) is 0. The lowest BCUT2D eigenvalue weighted by Gasteiger charge is -2.20. The molecule has 1 aromatic rings. The number of allylic oxidation sites excluding steroid dienone is 1. The molecule has 1 atom stereocenters. The van der Waals surface area contributed by atoms with Gasteiger partial charge in [-0.05, 0) is 26.2 Å². The van der Waals surface area contributed by atoms with E-state index in [1.165, 1.54) is 0 Å². The zero-order valence-electron chi connectivity index (χ0n) is 10.7. The van der Waals surface area contributed by atoms with Gasteiger partial charge in [0, 0.05) is 29.9 Å². The second-order valence-corrected chi connectivity index (χ2v) is 4.72. The zero-order chi connectivity index (χ0) is 13.0. The SMILES string of the molecule is Cc1ncc(CO)c(CNC2CC=CCC2)c1O. The number of aliphatic hydroxyl groups is 1. The highest BCUT2D eigenvalue weighted by Crippen LogP contribution is 2.24. The maximum Gasteiger partial charge on any atom is 0.141 e. The fourth-order valence-electron chi connectivity index (χ4n) is 2.24. The van der Waals surface area contributed by atoms with E-state index in [0.717, 1.165) is 24.8 Å². The van der Waals surface area contributed by atoms with E-state index in [9.17, 15) is 10.2 Å². The van der Waals surface area contributed by atoms with E-state index in [-0.39, 0.29) is 12.4 Å². The van der Waals surface area contributed by atoms with Gasteiger partial charge in [0.25, 0.3) is 0 Å². The maximum atomic E-state index is 10.0. The number of rotatable bonds is 4. The maximum absolute atomic E-state index is 10.0. The van der Waals surface area contributed by atoms with E-state index >= 15 is 0 Å². The Morgan fingerprint density at radius 1 is 1.44 bits per heavy atom. The smallest absolute Gasteiger partial charge is 0.141 e. The van der Waals surface area contributed by atoms with E-state index in [4.69, 9.17) is 0 Å². The van der Waals surface area contributed by atoms with Crippen LogP contribution in [0.2, 0.25) is 0 Å². The highest BCUT2D eigenvalue weighted by Gasteiger charge is 2.14. The van der Waals surface area contributed by atoms with Crippen LogP contribution in [0.5, 0.6) is 5.75 Å². The van der Waals surface area contributed by atoms with Gasteiger partial charge in [-0.2, -0.15) is 0 Å². The second-order valence-electron chi connectivity index (χ2n) is 4.72. The zero-order valence-corrected chi connectivity index (χ0v) is 10.7. The van der Waals surface area contributed by atoms with Crippen LogP contribution < -0.4 is 5.32 Å². The van der Waals surface area contributed by atoms with Gasteiger partial charge in [-0.25, -0.2) is 0 Å². The van der Waals surface area contributed by atoms with Crippen LogP contribution >= 0.6 is 0 Å². The predicted octanol–water partition coefficient (Wildman–Crippen LogP) is 1.79. The van der Waals surface area contributed by atoms with Gasteiger partial charge in [-0.1, -0.05) is 12.2 Å². The summed E-state index contributed by atoms with van der Waals surface area (Å²) >= 11 is 0. The van der Waals surface area contributed by atoms with Gasteiger partial charge >= 0.3 is 0 Å². The summed E-state index contributed by atoms with van der Waals surface area (Å²) in [5, 5.41) is 22.7. The largest absolute Gasteiger partial charge is 0.506 e. The molecule has 1 heterocycles. The Balaban J connectivity index is 2.07. The summed E-state index contributed by atoms with van der Waals surface area (Å²) in [6, 6.07) is 0.453. The Labute approximate surface area is 107 Å². The molecule has 0 fully saturated rings. The van der Waals surface area contributed by atoms with E-state index in [0.29, 0.717) is 23.8 Å². The predicted molar refractivity (Wildman–Crippen MR) is 70.2 cm³/mol. The minimum absolute atomic E-state index is 0.0948.